The van der Waals surface area contributed by atoms with E-state index in [0.29, 0.717) is 22.1 Å². The molecule has 0 spiro atoms. The maximum absolute atomic E-state index is 12.8. The average Bonchev–Trinajstić information content (AvgIpc) is 2.74. The third-order valence-corrected chi connectivity index (χ3v) is 5.91. The van der Waals surface area contributed by atoms with Crippen LogP contribution in [-0.2, 0) is 14.8 Å². The second kappa shape index (κ2) is 9.88. The number of non-ortho nitro benzene ring substituents is 1. The molecule has 0 aliphatic carbocycles. The van der Waals surface area contributed by atoms with Crippen LogP contribution < -0.4 is 14.4 Å². The van der Waals surface area contributed by atoms with E-state index in [1.54, 1.807) is 43.3 Å². The summed E-state index contributed by atoms with van der Waals surface area (Å²) < 4.78 is 31.5. The Morgan fingerprint density at radius 3 is 2.45 bits per heavy atom. The molecule has 11 heteroatoms. The molecule has 3 rings (SSSR count). The molecule has 0 aliphatic heterocycles. The van der Waals surface area contributed by atoms with Gasteiger partial charge in [-0.2, -0.15) is 0 Å². The Morgan fingerprint density at radius 1 is 1.12 bits per heavy atom. The molecule has 0 bridgehead atoms. The Balaban J connectivity index is 1.89. The minimum atomic E-state index is -3.94. The van der Waals surface area contributed by atoms with Crippen LogP contribution in [0.2, 0.25) is 5.02 Å². The summed E-state index contributed by atoms with van der Waals surface area (Å²) in [4.78, 5) is 23.4. The van der Waals surface area contributed by atoms with Gasteiger partial charge in [-0.1, -0.05) is 35.9 Å². The molecule has 9 nitrogen and oxygen atoms in total. The first-order valence-corrected chi connectivity index (χ1v) is 11.8. The number of nitro groups is 1. The van der Waals surface area contributed by atoms with Gasteiger partial charge in [-0.3, -0.25) is 19.2 Å². The molecular formula is C22H20ClN3O6S. The van der Waals surface area contributed by atoms with Crippen LogP contribution in [0.3, 0.4) is 0 Å². The van der Waals surface area contributed by atoms with Gasteiger partial charge in [0, 0.05) is 17.2 Å². The van der Waals surface area contributed by atoms with E-state index in [0.717, 1.165) is 16.6 Å². The van der Waals surface area contributed by atoms with E-state index in [4.69, 9.17) is 16.3 Å². The lowest BCUT2D eigenvalue weighted by Crippen LogP contribution is -2.38. The first-order valence-electron chi connectivity index (χ1n) is 9.59. The Hall–Kier alpha value is -3.63. The number of nitrogens with one attached hydrogen (secondary N) is 1. The predicted octanol–water partition coefficient (Wildman–Crippen LogP) is 4.75. The summed E-state index contributed by atoms with van der Waals surface area (Å²) in [6.45, 7) is 0.982. The lowest BCUT2D eigenvalue weighted by Gasteiger charge is -2.23. The number of anilines is 2. The molecule has 33 heavy (non-hydrogen) atoms. The van der Waals surface area contributed by atoms with E-state index in [1.165, 1.54) is 18.2 Å². The fraction of sp³-hybridized carbons (Fsp3) is 0.136. The molecule has 0 saturated carbocycles. The Kier molecular flexibility index (Phi) is 7.19. The molecule has 0 unspecified atom stereocenters. The van der Waals surface area contributed by atoms with Crippen LogP contribution in [0.5, 0.6) is 11.5 Å². The fourth-order valence-corrected chi connectivity index (χ4v) is 4.06. The standard InChI is InChI=1S/C22H20ClN3O6S/c1-15-8-10-17(26(28)29)13-20(15)25(33(2,30)31)14-22(27)24-19-12-16(23)9-11-21(19)32-18-6-4-3-5-7-18/h3-13H,14H2,1-2H3,(H,24,27). The number of aryl methyl sites for hydroxylation is 1. The first kappa shape index (κ1) is 24.0. The first-order chi connectivity index (χ1) is 15.5. The minimum absolute atomic E-state index is 0.0358. The lowest BCUT2D eigenvalue weighted by atomic mass is 10.2. The zero-order chi connectivity index (χ0) is 24.2. The van der Waals surface area contributed by atoms with Crippen LogP contribution in [0.4, 0.5) is 17.1 Å². The van der Waals surface area contributed by atoms with Crippen LogP contribution in [-0.4, -0.2) is 32.0 Å². The van der Waals surface area contributed by atoms with E-state index in [2.05, 4.69) is 5.32 Å². The third kappa shape index (κ3) is 6.21. The van der Waals surface area contributed by atoms with Crippen molar-refractivity contribution in [1.82, 2.24) is 0 Å². The van der Waals surface area contributed by atoms with Gasteiger partial charge >= 0.3 is 0 Å². The Labute approximate surface area is 195 Å². The number of nitro benzene ring substituents is 1. The summed E-state index contributed by atoms with van der Waals surface area (Å²) in [7, 11) is -3.94. The van der Waals surface area contributed by atoms with Crippen LogP contribution in [0.15, 0.2) is 66.7 Å². The maximum atomic E-state index is 12.8. The SMILES string of the molecule is Cc1ccc([N+](=O)[O-])cc1N(CC(=O)Nc1cc(Cl)ccc1Oc1ccccc1)S(C)(=O)=O. The van der Waals surface area contributed by atoms with Crippen molar-refractivity contribution in [3.8, 4) is 11.5 Å². The second-order valence-corrected chi connectivity index (χ2v) is 9.44. The minimum Gasteiger partial charge on any atom is -0.455 e. The number of halogens is 1. The van der Waals surface area contributed by atoms with E-state index in [1.807, 2.05) is 6.07 Å². The summed E-state index contributed by atoms with van der Waals surface area (Å²) in [5, 5.41) is 14.1. The van der Waals surface area contributed by atoms with Gasteiger partial charge in [0.25, 0.3) is 5.69 Å². The van der Waals surface area contributed by atoms with Crippen molar-refractivity contribution in [2.45, 2.75) is 6.92 Å². The highest BCUT2D eigenvalue weighted by Crippen LogP contribution is 2.32. The second-order valence-electron chi connectivity index (χ2n) is 7.10. The summed E-state index contributed by atoms with van der Waals surface area (Å²) in [6.07, 6.45) is 0.919. The van der Waals surface area contributed by atoms with Crippen molar-refractivity contribution in [3.63, 3.8) is 0 Å². The van der Waals surface area contributed by atoms with Crippen LogP contribution in [0, 0.1) is 17.0 Å². The zero-order valence-corrected chi connectivity index (χ0v) is 19.3. The molecule has 0 atom stereocenters. The molecule has 0 aromatic heterocycles. The Morgan fingerprint density at radius 2 is 1.82 bits per heavy atom. The predicted molar refractivity (Wildman–Crippen MR) is 127 cm³/mol. The van der Waals surface area contributed by atoms with Crippen molar-refractivity contribution in [1.29, 1.82) is 0 Å². The number of amides is 1. The highest BCUT2D eigenvalue weighted by Gasteiger charge is 2.25. The van der Waals surface area contributed by atoms with Gasteiger partial charge in [-0.25, -0.2) is 8.42 Å². The molecule has 172 valence electrons. The van der Waals surface area contributed by atoms with Crippen molar-refractivity contribution in [2.24, 2.45) is 0 Å². The number of nitrogens with zero attached hydrogens (tertiary/aromatic N) is 2. The van der Waals surface area contributed by atoms with E-state index in [9.17, 15) is 23.3 Å². The van der Waals surface area contributed by atoms with Gasteiger partial charge in [0.2, 0.25) is 15.9 Å². The number of carbonyl (C=O) groups excluding carboxylic acids is 1. The molecular weight excluding hydrogens is 470 g/mol. The molecule has 3 aromatic carbocycles. The summed E-state index contributed by atoms with van der Waals surface area (Å²) in [5.41, 5.74) is 0.432. The number of hydrogen-bond donors (Lipinski definition) is 1. The summed E-state index contributed by atoms with van der Waals surface area (Å²) >= 11 is 6.07. The van der Waals surface area contributed by atoms with Crippen molar-refractivity contribution < 1.29 is 22.9 Å². The molecule has 1 amide bonds. The van der Waals surface area contributed by atoms with Gasteiger partial charge in [0.05, 0.1) is 22.6 Å². The van der Waals surface area contributed by atoms with E-state index >= 15 is 0 Å². The van der Waals surface area contributed by atoms with E-state index < -0.39 is 27.4 Å². The number of carbonyl (C=O) groups is 1. The molecule has 0 aliphatic rings. The highest BCUT2D eigenvalue weighted by atomic mass is 35.5. The van der Waals surface area contributed by atoms with Crippen LogP contribution in [0.25, 0.3) is 0 Å². The molecule has 0 radical (unpaired) electrons. The van der Waals surface area contributed by atoms with Gasteiger partial charge in [0.1, 0.15) is 12.3 Å². The third-order valence-electron chi connectivity index (χ3n) is 4.55. The van der Waals surface area contributed by atoms with Gasteiger partial charge in [-0.15, -0.1) is 0 Å². The fourth-order valence-electron chi connectivity index (χ4n) is 2.99. The van der Waals surface area contributed by atoms with Gasteiger partial charge in [-0.05, 0) is 42.8 Å². The molecule has 1 N–H and O–H groups in total. The molecule has 0 fully saturated rings. The van der Waals surface area contributed by atoms with Crippen LogP contribution in [0.1, 0.15) is 5.56 Å². The Bertz CT molecular complexity index is 1300. The number of hydrogen-bond acceptors (Lipinski definition) is 6. The molecule has 0 heterocycles. The van der Waals surface area contributed by atoms with Gasteiger partial charge < -0.3 is 10.1 Å². The van der Waals surface area contributed by atoms with E-state index in [-0.39, 0.29) is 17.1 Å². The average molecular weight is 490 g/mol. The number of rotatable bonds is 8. The zero-order valence-electron chi connectivity index (χ0n) is 17.7. The van der Waals surface area contributed by atoms with Crippen LogP contribution >= 0.6 is 11.6 Å². The van der Waals surface area contributed by atoms with Gasteiger partial charge in [0.15, 0.2) is 5.75 Å². The topological polar surface area (TPSA) is 119 Å². The monoisotopic (exact) mass is 489 g/mol. The number of benzene rings is 3. The molecule has 3 aromatic rings. The van der Waals surface area contributed by atoms with Crippen molar-refractivity contribution in [2.75, 3.05) is 22.4 Å². The number of sulfonamides is 1. The smallest absolute Gasteiger partial charge is 0.271 e. The molecule has 0 saturated heterocycles. The number of para-hydroxylation sites is 1. The largest absolute Gasteiger partial charge is 0.455 e. The number of ether oxygens (including phenoxy) is 1. The normalized spacial score (nSPS) is 11.0. The summed E-state index contributed by atoms with van der Waals surface area (Å²) in [6, 6.07) is 17.3. The lowest BCUT2D eigenvalue weighted by molar-refractivity contribution is -0.384. The van der Waals surface area contributed by atoms with Crippen molar-refractivity contribution >= 4 is 44.6 Å². The maximum Gasteiger partial charge on any atom is 0.271 e. The highest BCUT2D eigenvalue weighted by molar-refractivity contribution is 7.92. The quantitative estimate of drug-likeness (QED) is 0.360. The van der Waals surface area contributed by atoms with Crippen molar-refractivity contribution in [3.05, 3.63) is 87.4 Å². The summed E-state index contributed by atoms with van der Waals surface area (Å²) in [5.74, 6) is 0.142.